The van der Waals surface area contributed by atoms with E-state index < -0.39 is 6.04 Å². The molecule has 20 heavy (non-hydrogen) atoms. The highest BCUT2D eigenvalue weighted by Gasteiger charge is 2.11. The molecule has 1 aromatic rings. The lowest BCUT2D eigenvalue weighted by Gasteiger charge is -2.20. The van der Waals surface area contributed by atoms with Gasteiger partial charge in [-0.2, -0.15) is 0 Å². The third kappa shape index (κ3) is 4.94. The summed E-state index contributed by atoms with van der Waals surface area (Å²) in [5.74, 6) is -0.0786. The molecule has 0 aliphatic heterocycles. The summed E-state index contributed by atoms with van der Waals surface area (Å²) >= 11 is 0. The quantitative estimate of drug-likeness (QED) is 0.763. The molecule has 1 rings (SSSR count). The van der Waals surface area contributed by atoms with Crippen molar-refractivity contribution in [1.82, 2.24) is 10.2 Å². The van der Waals surface area contributed by atoms with E-state index in [9.17, 15) is 4.79 Å². The predicted molar refractivity (Wildman–Crippen MR) is 83.2 cm³/mol. The van der Waals surface area contributed by atoms with E-state index in [1.807, 2.05) is 19.1 Å². The third-order valence-corrected chi connectivity index (χ3v) is 3.64. The van der Waals surface area contributed by atoms with E-state index in [2.05, 4.69) is 36.2 Å². The first-order valence-corrected chi connectivity index (χ1v) is 7.44. The second-order valence-corrected chi connectivity index (χ2v) is 4.96. The molecule has 112 valence electrons. The van der Waals surface area contributed by atoms with Crippen LogP contribution in [-0.2, 0) is 17.9 Å². The number of nitrogens with one attached hydrogen (secondary N) is 1. The molecule has 0 aliphatic carbocycles. The van der Waals surface area contributed by atoms with Crippen LogP contribution in [0.3, 0.4) is 0 Å². The predicted octanol–water partition coefficient (Wildman–Crippen LogP) is 1.88. The second kappa shape index (κ2) is 8.72. The molecular weight excluding hydrogens is 250 g/mol. The Balaban J connectivity index is 2.68. The zero-order chi connectivity index (χ0) is 15.0. The van der Waals surface area contributed by atoms with Crippen LogP contribution in [0.5, 0.6) is 0 Å². The van der Waals surface area contributed by atoms with Gasteiger partial charge in [0.2, 0.25) is 5.91 Å². The molecule has 3 N–H and O–H groups in total. The van der Waals surface area contributed by atoms with Crippen molar-refractivity contribution in [2.45, 2.75) is 46.3 Å². The number of nitrogens with zero attached hydrogens (tertiary/aromatic N) is 1. The van der Waals surface area contributed by atoms with Crippen molar-refractivity contribution in [2.75, 3.05) is 13.1 Å². The number of hydrogen-bond donors (Lipinski definition) is 2. The lowest BCUT2D eigenvalue weighted by molar-refractivity contribution is -0.122. The minimum absolute atomic E-state index is 0.0786. The van der Waals surface area contributed by atoms with E-state index in [-0.39, 0.29) is 5.91 Å². The first-order chi connectivity index (χ1) is 9.62. The van der Waals surface area contributed by atoms with Crippen LogP contribution in [-0.4, -0.2) is 29.9 Å². The van der Waals surface area contributed by atoms with Crippen molar-refractivity contribution < 1.29 is 4.79 Å². The average Bonchev–Trinajstić information content (AvgIpc) is 2.50. The molecule has 0 radical (unpaired) electrons. The normalized spacial score (nSPS) is 12.4. The van der Waals surface area contributed by atoms with Crippen molar-refractivity contribution in [3.8, 4) is 0 Å². The molecule has 0 aliphatic rings. The van der Waals surface area contributed by atoms with Crippen LogP contribution in [0.1, 0.15) is 38.3 Å². The van der Waals surface area contributed by atoms with Gasteiger partial charge in [0, 0.05) is 13.1 Å². The van der Waals surface area contributed by atoms with Gasteiger partial charge in [-0.3, -0.25) is 9.69 Å². The Morgan fingerprint density at radius 1 is 1.20 bits per heavy atom. The van der Waals surface area contributed by atoms with Gasteiger partial charge in [-0.1, -0.05) is 45.0 Å². The van der Waals surface area contributed by atoms with Crippen LogP contribution >= 0.6 is 0 Å². The fourth-order valence-corrected chi connectivity index (χ4v) is 2.07. The zero-order valence-corrected chi connectivity index (χ0v) is 12.9. The number of benzene rings is 1. The molecule has 0 spiro atoms. The number of carbonyl (C=O) groups excluding carboxylic acids is 1. The molecule has 4 heteroatoms. The van der Waals surface area contributed by atoms with Gasteiger partial charge in [0.15, 0.2) is 0 Å². The summed E-state index contributed by atoms with van der Waals surface area (Å²) in [5, 5.41) is 2.92. The van der Waals surface area contributed by atoms with Gasteiger partial charge in [-0.05, 0) is 30.6 Å². The summed E-state index contributed by atoms with van der Waals surface area (Å²) in [6, 6.07) is 7.83. The van der Waals surface area contributed by atoms with Gasteiger partial charge >= 0.3 is 0 Å². The molecular formula is C16H27N3O. The topological polar surface area (TPSA) is 58.4 Å². The van der Waals surface area contributed by atoms with E-state index in [4.69, 9.17) is 5.73 Å². The van der Waals surface area contributed by atoms with E-state index in [1.165, 1.54) is 5.56 Å². The Morgan fingerprint density at radius 3 is 2.35 bits per heavy atom. The number of nitrogens with two attached hydrogens (primary N) is 1. The fraction of sp³-hybridized carbons (Fsp3) is 0.562. The Hall–Kier alpha value is -1.39. The van der Waals surface area contributed by atoms with Gasteiger partial charge in [0.05, 0.1) is 6.04 Å². The largest absolute Gasteiger partial charge is 0.351 e. The van der Waals surface area contributed by atoms with Crippen LogP contribution in [0.25, 0.3) is 0 Å². The first-order valence-electron chi connectivity index (χ1n) is 7.44. The molecule has 1 amide bonds. The Labute approximate surface area is 122 Å². The molecule has 0 aromatic heterocycles. The summed E-state index contributed by atoms with van der Waals surface area (Å²) in [5.41, 5.74) is 8.15. The minimum atomic E-state index is -0.412. The van der Waals surface area contributed by atoms with Crippen LogP contribution in [0, 0.1) is 0 Å². The molecule has 0 bridgehead atoms. The van der Waals surface area contributed by atoms with E-state index in [0.717, 1.165) is 25.2 Å². The van der Waals surface area contributed by atoms with Crippen LogP contribution < -0.4 is 11.1 Å². The molecule has 1 atom stereocenters. The zero-order valence-electron chi connectivity index (χ0n) is 12.9. The summed E-state index contributed by atoms with van der Waals surface area (Å²) in [7, 11) is 0. The molecule has 0 fully saturated rings. The summed E-state index contributed by atoms with van der Waals surface area (Å²) < 4.78 is 0. The van der Waals surface area contributed by atoms with Gasteiger partial charge in [-0.25, -0.2) is 0 Å². The molecule has 0 saturated carbocycles. The Bertz CT molecular complexity index is 416. The van der Waals surface area contributed by atoms with Crippen molar-refractivity contribution in [3.05, 3.63) is 35.4 Å². The highest BCUT2D eigenvalue weighted by molar-refractivity contribution is 5.81. The monoisotopic (exact) mass is 277 g/mol. The maximum Gasteiger partial charge on any atom is 0.237 e. The van der Waals surface area contributed by atoms with Crippen molar-refractivity contribution >= 4 is 5.91 Å². The van der Waals surface area contributed by atoms with Gasteiger partial charge < -0.3 is 11.1 Å². The fourth-order valence-electron chi connectivity index (χ4n) is 2.07. The SMILES string of the molecule is CCC(N)C(=O)NCc1ccccc1CN(CC)CC. The van der Waals surface area contributed by atoms with Crippen molar-refractivity contribution in [2.24, 2.45) is 5.73 Å². The van der Waals surface area contributed by atoms with Gasteiger partial charge in [-0.15, -0.1) is 0 Å². The van der Waals surface area contributed by atoms with E-state index in [1.54, 1.807) is 0 Å². The summed E-state index contributed by atoms with van der Waals surface area (Å²) in [6.07, 6.45) is 0.660. The maximum atomic E-state index is 11.7. The van der Waals surface area contributed by atoms with E-state index >= 15 is 0 Å². The standard InChI is InChI=1S/C16H27N3O/c1-4-15(17)16(20)18-11-13-9-7-8-10-14(13)12-19(5-2)6-3/h7-10,15H,4-6,11-12,17H2,1-3H3,(H,18,20). The highest BCUT2D eigenvalue weighted by Crippen LogP contribution is 2.11. The van der Waals surface area contributed by atoms with E-state index in [0.29, 0.717) is 13.0 Å². The number of hydrogen-bond acceptors (Lipinski definition) is 3. The molecule has 1 unspecified atom stereocenters. The lowest BCUT2D eigenvalue weighted by Crippen LogP contribution is -2.39. The number of amides is 1. The Morgan fingerprint density at radius 2 is 1.80 bits per heavy atom. The molecule has 1 aromatic carbocycles. The smallest absolute Gasteiger partial charge is 0.237 e. The molecule has 0 heterocycles. The third-order valence-electron chi connectivity index (χ3n) is 3.64. The van der Waals surface area contributed by atoms with Crippen LogP contribution in [0.2, 0.25) is 0 Å². The van der Waals surface area contributed by atoms with Crippen LogP contribution in [0.15, 0.2) is 24.3 Å². The Kier molecular flexibility index (Phi) is 7.26. The van der Waals surface area contributed by atoms with Gasteiger partial charge in [0.1, 0.15) is 0 Å². The number of carbonyl (C=O) groups is 1. The summed E-state index contributed by atoms with van der Waals surface area (Å²) in [4.78, 5) is 14.1. The number of rotatable bonds is 8. The van der Waals surface area contributed by atoms with Crippen molar-refractivity contribution in [1.29, 1.82) is 0 Å². The molecule has 0 saturated heterocycles. The van der Waals surface area contributed by atoms with Crippen LogP contribution in [0.4, 0.5) is 0 Å². The lowest BCUT2D eigenvalue weighted by atomic mass is 10.1. The highest BCUT2D eigenvalue weighted by atomic mass is 16.2. The summed E-state index contributed by atoms with van der Waals surface area (Å²) in [6.45, 7) is 9.75. The second-order valence-electron chi connectivity index (χ2n) is 4.96. The average molecular weight is 277 g/mol. The maximum absolute atomic E-state index is 11.7. The first kappa shape index (κ1) is 16.7. The minimum Gasteiger partial charge on any atom is -0.351 e. The van der Waals surface area contributed by atoms with Crippen molar-refractivity contribution in [3.63, 3.8) is 0 Å². The van der Waals surface area contributed by atoms with Gasteiger partial charge in [0.25, 0.3) is 0 Å². The molecule has 4 nitrogen and oxygen atoms in total.